The van der Waals surface area contributed by atoms with E-state index in [1.807, 2.05) is 31.4 Å². The summed E-state index contributed by atoms with van der Waals surface area (Å²) in [6.07, 6.45) is 5.17. The molecule has 4 aromatic rings. The van der Waals surface area contributed by atoms with E-state index in [1.165, 1.54) is 23.1 Å². The van der Waals surface area contributed by atoms with Crippen molar-refractivity contribution in [2.24, 2.45) is 0 Å². The van der Waals surface area contributed by atoms with Gasteiger partial charge in [0.1, 0.15) is 11.9 Å². The minimum Gasteiger partial charge on any atom is -0.444 e. The standard InChI is InChI=1S/C29H37N7O2/c1-19-13-21(14-20(2)26(19)36-11-8-34(5)9-12-36)22-15-23-24(17-31-27(23)30-16-22)28-32-25(18-38-28)29(37)35(6)10-7-33(3)4/h13-18H,7-12H2,1-6H3,(H,30,31). The molecule has 200 valence electrons. The first kappa shape index (κ1) is 25.9. The van der Waals surface area contributed by atoms with Gasteiger partial charge in [0.2, 0.25) is 5.89 Å². The van der Waals surface area contributed by atoms with E-state index in [0.717, 1.165) is 60.4 Å². The predicted molar refractivity (Wildman–Crippen MR) is 152 cm³/mol. The van der Waals surface area contributed by atoms with Crippen LogP contribution in [-0.2, 0) is 0 Å². The van der Waals surface area contributed by atoms with E-state index >= 15 is 0 Å². The number of oxazole rings is 1. The topological polar surface area (TPSA) is 84.7 Å². The number of fused-ring (bicyclic) bond motifs is 1. The number of pyridine rings is 1. The van der Waals surface area contributed by atoms with Gasteiger partial charge in [-0.25, -0.2) is 9.97 Å². The van der Waals surface area contributed by atoms with Gasteiger partial charge in [0.25, 0.3) is 5.91 Å². The summed E-state index contributed by atoms with van der Waals surface area (Å²) < 4.78 is 5.76. The maximum Gasteiger partial charge on any atom is 0.275 e. The molecule has 9 nitrogen and oxygen atoms in total. The van der Waals surface area contributed by atoms with E-state index < -0.39 is 0 Å². The molecule has 1 saturated heterocycles. The molecule has 0 atom stereocenters. The number of aromatic nitrogens is 3. The number of nitrogens with zero attached hydrogens (tertiary/aromatic N) is 6. The number of carbonyl (C=O) groups is 1. The monoisotopic (exact) mass is 515 g/mol. The second-order valence-corrected chi connectivity index (χ2v) is 10.6. The molecule has 0 aliphatic carbocycles. The number of carbonyl (C=O) groups excluding carboxylic acids is 1. The van der Waals surface area contributed by atoms with Gasteiger partial charge in [0, 0.05) is 75.3 Å². The summed E-state index contributed by atoms with van der Waals surface area (Å²) in [6, 6.07) is 6.62. The molecule has 0 spiro atoms. The zero-order valence-corrected chi connectivity index (χ0v) is 23.2. The van der Waals surface area contributed by atoms with Crippen LogP contribution >= 0.6 is 0 Å². The number of aromatic amines is 1. The first-order valence-electron chi connectivity index (χ1n) is 13.1. The Balaban J connectivity index is 1.42. The molecule has 38 heavy (non-hydrogen) atoms. The zero-order chi connectivity index (χ0) is 27.0. The number of rotatable bonds is 7. The summed E-state index contributed by atoms with van der Waals surface area (Å²) in [4.78, 5) is 33.8. The van der Waals surface area contributed by atoms with Gasteiger partial charge < -0.3 is 29.0 Å². The van der Waals surface area contributed by atoms with Crippen LogP contribution in [0.5, 0.6) is 0 Å². The lowest BCUT2D eigenvalue weighted by atomic mass is 9.98. The first-order chi connectivity index (χ1) is 18.2. The number of hydrogen-bond donors (Lipinski definition) is 1. The molecule has 1 aliphatic rings. The molecule has 3 aromatic heterocycles. The highest BCUT2D eigenvalue weighted by molar-refractivity contribution is 5.96. The van der Waals surface area contributed by atoms with E-state index in [1.54, 1.807) is 11.9 Å². The highest BCUT2D eigenvalue weighted by Crippen LogP contribution is 2.34. The van der Waals surface area contributed by atoms with Crippen LogP contribution in [0.2, 0.25) is 0 Å². The Labute approximate surface area is 224 Å². The normalized spacial score (nSPS) is 14.6. The van der Waals surface area contributed by atoms with Gasteiger partial charge in [-0.1, -0.05) is 0 Å². The van der Waals surface area contributed by atoms with Crippen molar-refractivity contribution in [2.45, 2.75) is 13.8 Å². The van der Waals surface area contributed by atoms with Crippen LogP contribution in [0.3, 0.4) is 0 Å². The number of amides is 1. The van der Waals surface area contributed by atoms with Crippen molar-refractivity contribution >= 4 is 22.6 Å². The average molecular weight is 516 g/mol. The van der Waals surface area contributed by atoms with Gasteiger partial charge in [0.05, 0.1) is 5.56 Å². The Kier molecular flexibility index (Phi) is 7.23. The molecule has 5 rings (SSSR count). The quantitative estimate of drug-likeness (QED) is 0.400. The minimum absolute atomic E-state index is 0.160. The largest absolute Gasteiger partial charge is 0.444 e. The molecule has 9 heteroatoms. The smallest absolute Gasteiger partial charge is 0.275 e. The molecule has 1 aromatic carbocycles. The average Bonchev–Trinajstić information content (AvgIpc) is 3.54. The summed E-state index contributed by atoms with van der Waals surface area (Å²) in [5, 5.41) is 0.905. The minimum atomic E-state index is -0.160. The third-order valence-electron chi connectivity index (χ3n) is 7.36. The number of piperazine rings is 1. The molecule has 0 bridgehead atoms. The predicted octanol–water partition coefficient (Wildman–Crippen LogP) is 3.89. The van der Waals surface area contributed by atoms with Crippen molar-refractivity contribution in [3.8, 4) is 22.6 Å². The van der Waals surface area contributed by atoms with Crippen LogP contribution < -0.4 is 4.90 Å². The lowest BCUT2D eigenvalue weighted by Crippen LogP contribution is -2.45. The zero-order valence-electron chi connectivity index (χ0n) is 23.2. The van der Waals surface area contributed by atoms with E-state index in [0.29, 0.717) is 18.1 Å². The van der Waals surface area contributed by atoms with Gasteiger partial charge in [-0.15, -0.1) is 0 Å². The maximum absolute atomic E-state index is 12.8. The van der Waals surface area contributed by atoms with Crippen LogP contribution in [0, 0.1) is 13.8 Å². The molecular weight excluding hydrogens is 478 g/mol. The fraction of sp³-hybridized carbons (Fsp3) is 0.414. The van der Waals surface area contributed by atoms with Gasteiger partial charge in [-0.05, 0) is 69.9 Å². The molecule has 0 saturated carbocycles. The lowest BCUT2D eigenvalue weighted by molar-refractivity contribution is 0.0780. The molecule has 4 heterocycles. The molecule has 0 unspecified atom stereocenters. The lowest BCUT2D eigenvalue weighted by Gasteiger charge is -2.36. The number of H-pyrrole nitrogens is 1. The number of benzene rings is 1. The Morgan fingerprint density at radius 2 is 1.74 bits per heavy atom. The number of nitrogens with one attached hydrogen (secondary N) is 1. The molecule has 0 radical (unpaired) electrons. The second-order valence-electron chi connectivity index (χ2n) is 10.6. The number of hydrogen-bond acceptors (Lipinski definition) is 7. The number of anilines is 1. The van der Waals surface area contributed by atoms with E-state index in [4.69, 9.17) is 4.42 Å². The van der Waals surface area contributed by atoms with Crippen LogP contribution in [0.25, 0.3) is 33.6 Å². The SMILES string of the molecule is Cc1cc(-c2cnc3[nH]cc(-c4nc(C(=O)N(C)CCN(C)C)co4)c3c2)cc(C)c1N1CCN(C)CC1. The number of likely N-dealkylation sites (N-methyl/N-ethyl adjacent to an activating group) is 3. The van der Waals surface area contributed by atoms with Crippen LogP contribution in [-0.4, -0.2) is 103 Å². The summed E-state index contributed by atoms with van der Waals surface area (Å²) in [6.45, 7) is 10.0. The summed E-state index contributed by atoms with van der Waals surface area (Å²) in [5.41, 5.74) is 7.87. The third-order valence-corrected chi connectivity index (χ3v) is 7.36. The Bertz CT molecular complexity index is 1420. The van der Waals surface area contributed by atoms with Crippen LogP contribution in [0.1, 0.15) is 21.6 Å². The Morgan fingerprint density at radius 1 is 1.03 bits per heavy atom. The highest BCUT2D eigenvalue weighted by Gasteiger charge is 2.21. The summed E-state index contributed by atoms with van der Waals surface area (Å²) in [7, 11) is 7.92. The van der Waals surface area contributed by atoms with Gasteiger partial charge in [-0.2, -0.15) is 0 Å². The van der Waals surface area contributed by atoms with Crippen molar-refractivity contribution < 1.29 is 9.21 Å². The molecular formula is C29H37N7O2. The first-order valence-corrected chi connectivity index (χ1v) is 13.1. The molecule has 1 fully saturated rings. The highest BCUT2D eigenvalue weighted by atomic mass is 16.3. The third kappa shape index (κ3) is 5.16. The van der Waals surface area contributed by atoms with E-state index in [9.17, 15) is 4.79 Å². The van der Waals surface area contributed by atoms with Crippen LogP contribution in [0.15, 0.2) is 41.3 Å². The summed E-state index contributed by atoms with van der Waals surface area (Å²) >= 11 is 0. The van der Waals surface area contributed by atoms with Gasteiger partial charge in [-0.3, -0.25) is 4.79 Å². The van der Waals surface area contributed by atoms with Crippen LogP contribution in [0.4, 0.5) is 5.69 Å². The summed E-state index contributed by atoms with van der Waals surface area (Å²) in [5.74, 6) is 0.240. The van der Waals surface area contributed by atoms with Crippen molar-refractivity contribution in [1.82, 2.24) is 29.7 Å². The van der Waals surface area contributed by atoms with E-state index in [-0.39, 0.29) is 5.91 Å². The molecule has 1 N–H and O–H groups in total. The van der Waals surface area contributed by atoms with Crippen molar-refractivity contribution in [1.29, 1.82) is 0 Å². The molecule has 1 amide bonds. The van der Waals surface area contributed by atoms with Crippen molar-refractivity contribution in [3.63, 3.8) is 0 Å². The Hall–Kier alpha value is -3.69. The Morgan fingerprint density at radius 3 is 2.42 bits per heavy atom. The van der Waals surface area contributed by atoms with Gasteiger partial charge in [0.15, 0.2) is 5.69 Å². The van der Waals surface area contributed by atoms with Crippen molar-refractivity contribution in [2.75, 3.05) is 72.4 Å². The van der Waals surface area contributed by atoms with E-state index in [2.05, 4.69) is 63.8 Å². The number of aryl methyl sites for hydroxylation is 2. The maximum atomic E-state index is 12.8. The fourth-order valence-electron chi connectivity index (χ4n) is 5.13. The molecule has 1 aliphatic heterocycles. The second kappa shape index (κ2) is 10.6. The van der Waals surface area contributed by atoms with Crippen molar-refractivity contribution in [3.05, 3.63) is 53.7 Å². The fourth-order valence-corrected chi connectivity index (χ4v) is 5.13. The van der Waals surface area contributed by atoms with Gasteiger partial charge >= 0.3 is 0 Å².